The Hall–Kier alpha value is -1.79. The molecule has 0 radical (unpaired) electrons. The van der Waals surface area contributed by atoms with Crippen molar-refractivity contribution >= 4 is 23.5 Å². The van der Waals surface area contributed by atoms with E-state index in [9.17, 15) is 9.59 Å². The first kappa shape index (κ1) is 19.5. The predicted octanol–water partition coefficient (Wildman–Crippen LogP) is 2.21. The zero-order valence-electron chi connectivity index (χ0n) is 14.5. The van der Waals surface area contributed by atoms with E-state index in [4.69, 9.17) is 17.3 Å². The molecular weight excluding hydrogens is 340 g/mol. The van der Waals surface area contributed by atoms with Crippen LogP contribution in [0.1, 0.15) is 31.2 Å². The van der Waals surface area contributed by atoms with Gasteiger partial charge in [0, 0.05) is 50.7 Å². The van der Waals surface area contributed by atoms with Crippen LogP contribution in [0.4, 0.5) is 4.79 Å². The van der Waals surface area contributed by atoms with Crippen molar-refractivity contribution in [3.05, 3.63) is 34.9 Å². The molecule has 1 saturated heterocycles. The molecule has 3 amide bonds. The lowest BCUT2D eigenvalue weighted by molar-refractivity contribution is -0.131. The highest BCUT2D eigenvalue weighted by Crippen LogP contribution is 2.13. The highest BCUT2D eigenvalue weighted by atomic mass is 35.5. The Morgan fingerprint density at radius 3 is 2.56 bits per heavy atom. The summed E-state index contributed by atoms with van der Waals surface area (Å²) in [6.07, 6.45) is 3.05. The third kappa shape index (κ3) is 7.32. The molecule has 0 aliphatic carbocycles. The van der Waals surface area contributed by atoms with Crippen LogP contribution in [-0.2, 0) is 11.3 Å². The first-order valence-electron chi connectivity index (χ1n) is 8.82. The van der Waals surface area contributed by atoms with E-state index in [0.29, 0.717) is 13.0 Å². The number of primary amides is 1. The molecule has 0 aromatic heterocycles. The van der Waals surface area contributed by atoms with Gasteiger partial charge in [-0.1, -0.05) is 23.7 Å². The standard InChI is InChI=1S/C18H27ClN4O2/c19-16-7-5-15(6-8-16)14-22-10-3-11-23(13-12-22)17(24)4-1-2-9-21-18(20)25/h5-8H,1-4,9-14H2,(H3,20,21,25). The number of nitrogens with one attached hydrogen (secondary N) is 1. The summed E-state index contributed by atoms with van der Waals surface area (Å²) >= 11 is 5.93. The average molecular weight is 367 g/mol. The lowest BCUT2D eigenvalue weighted by Crippen LogP contribution is -2.35. The Balaban J connectivity index is 1.70. The summed E-state index contributed by atoms with van der Waals surface area (Å²) in [6.45, 7) is 4.88. The molecule has 0 saturated carbocycles. The minimum atomic E-state index is -0.514. The third-order valence-corrected chi connectivity index (χ3v) is 4.63. The second kappa shape index (κ2) is 10.3. The number of amides is 3. The summed E-state index contributed by atoms with van der Waals surface area (Å²) in [5.74, 6) is 0.201. The Morgan fingerprint density at radius 1 is 1.08 bits per heavy atom. The normalized spacial score (nSPS) is 15.6. The fraction of sp³-hybridized carbons (Fsp3) is 0.556. The van der Waals surface area contributed by atoms with Crippen LogP contribution in [0, 0.1) is 0 Å². The van der Waals surface area contributed by atoms with Crippen molar-refractivity contribution in [1.82, 2.24) is 15.1 Å². The molecule has 25 heavy (non-hydrogen) atoms. The highest BCUT2D eigenvalue weighted by Gasteiger charge is 2.18. The maximum absolute atomic E-state index is 12.3. The maximum Gasteiger partial charge on any atom is 0.312 e. The summed E-state index contributed by atoms with van der Waals surface area (Å²) < 4.78 is 0. The number of rotatable bonds is 7. The molecular formula is C18H27ClN4O2. The SMILES string of the molecule is NC(=O)NCCCCC(=O)N1CCCN(Cc2ccc(Cl)cc2)CC1. The Labute approximate surface area is 154 Å². The van der Waals surface area contributed by atoms with Crippen LogP contribution >= 0.6 is 11.6 Å². The van der Waals surface area contributed by atoms with Crippen molar-refractivity contribution < 1.29 is 9.59 Å². The fourth-order valence-electron chi connectivity index (χ4n) is 3.00. The molecule has 1 aromatic carbocycles. The third-order valence-electron chi connectivity index (χ3n) is 4.38. The van der Waals surface area contributed by atoms with E-state index in [-0.39, 0.29) is 5.91 Å². The van der Waals surface area contributed by atoms with Crippen molar-refractivity contribution in [2.24, 2.45) is 5.73 Å². The predicted molar refractivity (Wildman–Crippen MR) is 99.4 cm³/mol. The summed E-state index contributed by atoms with van der Waals surface area (Å²) in [7, 11) is 0. The number of nitrogens with zero attached hydrogens (tertiary/aromatic N) is 2. The number of carbonyl (C=O) groups excluding carboxylic acids is 2. The summed E-state index contributed by atoms with van der Waals surface area (Å²) in [5.41, 5.74) is 6.25. The number of carbonyl (C=O) groups is 2. The van der Waals surface area contributed by atoms with Gasteiger partial charge in [0.05, 0.1) is 0 Å². The molecule has 138 valence electrons. The zero-order valence-corrected chi connectivity index (χ0v) is 15.3. The lowest BCUT2D eigenvalue weighted by atomic mass is 10.2. The van der Waals surface area contributed by atoms with Gasteiger partial charge in [0.1, 0.15) is 0 Å². The van der Waals surface area contributed by atoms with Crippen molar-refractivity contribution in [1.29, 1.82) is 0 Å². The van der Waals surface area contributed by atoms with Gasteiger partial charge in [-0.3, -0.25) is 9.69 Å². The molecule has 2 rings (SSSR count). The molecule has 1 aliphatic heterocycles. The van der Waals surface area contributed by atoms with Crippen LogP contribution in [0.25, 0.3) is 0 Å². The van der Waals surface area contributed by atoms with E-state index in [0.717, 1.165) is 57.0 Å². The number of urea groups is 1. The molecule has 0 unspecified atom stereocenters. The van der Waals surface area contributed by atoms with Crippen molar-refractivity contribution in [2.75, 3.05) is 32.7 Å². The molecule has 7 heteroatoms. The topological polar surface area (TPSA) is 78.7 Å². The van der Waals surface area contributed by atoms with Gasteiger partial charge >= 0.3 is 6.03 Å². The van der Waals surface area contributed by atoms with Gasteiger partial charge in [0.25, 0.3) is 0 Å². The Bertz CT molecular complexity index is 565. The zero-order chi connectivity index (χ0) is 18.1. The van der Waals surface area contributed by atoms with Gasteiger partial charge in [-0.05, 0) is 37.0 Å². The van der Waals surface area contributed by atoms with Crippen LogP contribution in [0.15, 0.2) is 24.3 Å². The first-order chi connectivity index (χ1) is 12.0. The smallest absolute Gasteiger partial charge is 0.312 e. The Kier molecular flexibility index (Phi) is 8.01. The van der Waals surface area contributed by atoms with Crippen LogP contribution in [0.3, 0.4) is 0 Å². The second-order valence-corrected chi connectivity index (χ2v) is 6.82. The molecule has 0 atom stereocenters. The molecule has 0 spiro atoms. The number of hydrogen-bond donors (Lipinski definition) is 2. The summed E-state index contributed by atoms with van der Waals surface area (Å²) in [4.78, 5) is 27.3. The van der Waals surface area contributed by atoms with Gasteiger partial charge in [-0.15, -0.1) is 0 Å². The minimum Gasteiger partial charge on any atom is -0.352 e. The van der Waals surface area contributed by atoms with E-state index >= 15 is 0 Å². The summed E-state index contributed by atoms with van der Waals surface area (Å²) in [5, 5.41) is 3.29. The number of nitrogens with two attached hydrogens (primary N) is 1. The lowest BCUT2D eigenvalue weighted by Gasteiger charge is -2.22. The summed E-state index contributed by atoms with van der Waals surface area (Å²) in [6, 6.07) is 7.42. The van der Waals surface area contributed by atoms with Crippen molar-refractivity contribution in [2.45, 2.75) is 32.2 Å². The molecule has 1 aliphatic rings. The van der Waals surface area contributed by atoms with Gasteiger partial charge in [0.15, 0.2) is 0 Å². The van der Waals surface area contributed by atoms with Gasteiger partial charge in [0.2, 0.25) is 5.91 Å². The molecule has 0 bridgehead atoms. The molecule has 1 heterocycles. The minimum absolute atomic E-state index is 0.201. The van der Waals surface area contributed by atoms with Gasteiger partial charge in [-0.2, -0.15) is 0 Å². The number of benzene rings is 1. The quantitative estimate of drug-likeness (QED) is 0.726. The van der Waals surface area contributed by atoms with E-state index in [1.807, 2.05) is 17.0 Å². The maximum atomic E-state index is 12.3. The Morgan fingerprint density at radius 2 is 1.84 bits per heavy atom. The van der Waals surface area contributed by atoms with Crippen LogP contribution in [0.5, 0.6) is 0 Å². The van der Waals surface area contributed by atoms with Crippen molar-refractivity contribution in [3.63, 3.8) is 0 Å². The van der Waals surface area contributed by atoms with E-state index in [1.54, 1.807) is 0 Å². The second-order valence-electron chi connectivity index (χ2n) is 6.39. The van der Waals surface area contributed by atoms with E-state index < -0.39 is 6.03 Å². The average Bonchev–Trinajstić information content (AvgIpc) is 2.82. The largest absolute Gasteiger partial charge is 0.352 e. The first-order valence-corrected chi connectivity index (χ1v) is 9.20. The number of hydrogen-bond acceptors (Lipinski definition) is 3. The fourth-order valence-corrected chi connectivity index (χ4v) is 3.12. The van der Waals surface area contributed by atoms with E-state index in [1.165, 1.54) is 5.56 Å². The number of unbranched alkanes of at least 4 members (excludes halogenated alkanes) is 1. The monoisotopic (exact) mass is 366 g/mol. The highest BCUT2D eigenvalue weighted by molar-refractivity contribution is 6.30. The van der Waals surface area contributed by atoms with Crippen LogP contribution in [0.2, 0.25) is 5.02 Å². The van der Waals surface area contributed by atoms with Gasteiger partial charge in [-0.25, -0.2) is 4.79 Å². The van der Waals surface area contributed by atoms with Crippen LogP contribution < -0.4 is 11.1 Å². The van der Waals surface area contributed by atoms with Crippen LogP contribution in [-0.4, -0.2) is 54.5 Å². The molecule has 1 aromatic rings. The van der Waals surface area contributed by atoms with Crippen molar-refractivity contribution in [3.8, 4) is 0 Å². The van der Waals surface area contributed by atoms with E-state index in [2.05, 4.69) is 22.3 Å². The molecule has 1 fully saturated rings. The van der Waals surface area contributed by atoms with Gasteiger partial charge < -0.3 is 16.0 Å². The molecule has 3 N–H and O–H groups in total. The number of halogens is 1. The molecule has 6 nitrogen and oxygen atoms in total.